The van der Waals surface area contributed by atoms with Gasteiger partial charge < -0.3 is 9.67 Å². The van der Waals surface area contributed by atoms with Crippen molar-refractivity contribution in [3.63, 3.8) is 0 Å². The molecule has 1 aromatic heterocycles. The minimum atomic E-state index is -1.01. The average Bonchev–Trinajstić information content (AvgIpc) is 2.70. The maximum Gasteiger partial charge on any atom is 0.352 e. The number of carboxylic acids is 1. The Kier molecular flexibility index (Phi) is 3.15. The first-order valence-corrected chi connectivity index (χ1v) is 5.28. The molecule has 1 N–H and O–H groups in total. The Hall–Kier alpha value is -1.81. The van der Waals surface area contributed by atoms with Crippen molar-refractivity contribution >= 4 is 17.6 Å². The summed E-state index contributed by atoms with van der Waals surface area (Å²) in [6.07, 6.45) is 1.64. The molecule has 1 heterocycles. The van der Waals surface area contributed by atoms with Crippen molar-refractivity contribution in [2.75, 3.05) is 0 Å². The second-order valence-electron chi connectivity index (χ2n) is 3.56. The third-order valence-corrected chi connectivity index (χ3v) is 2.76. The van der Waals surface area contributed by atoms with E-state index in [1.807, 2.05) is 0 Å². The molecule has 0 atom stereocenters. The van der Waals surface area contributed by atoms with Gasteiger partial charge in [-0.3, -0.25) is 0 Å². The van der Waals surface area contributed by atoms with Crippen molar-refractivity contribution in [1.29, 1.82) is 0 Å². The first kappa shape index (κ1) is 11.7. The Bertz CT molecular complexity index is 565. The Morgan fingerprint density at radius 1 is 1.41 bits per heavy atom. The topological polar surface area (TPSA) is 42.2 Å². The van der Waals surface area contributed by atoms with E-state index in [9.17, 15) is 9.18 Å². The Balaban J connectivity index is 2.31. The van der Waals surface area contributed by atoms with E-state index in [0.29, 0.717) is 12.1 Å². The largest absolute Gasteiger partial charge is 0.477 e. The van der Waals surface area contributed by atoms with Crippen LogP contribution >= 0.6 is 11.6 Å². The Morgan fingerprint density at radius 3 is 2.82 bits per heavy atom. The van der Waals surface area contributed by atoms with E-state index in [4.69, 9.17) is 16.7 Å². The summed E-state index contributed by atoms with van der Waals surface area (Å²) in [5.41, 5.74) is 0.845. The summed E-state index contributed by atoms with van der Waals surface area (Å²) in [6.45, 7) is 0.299. The van der Waals surface area contributed by atoms with Gasteiger partial charge in [0, 0.05) is 17.8 Å². The molecule has 88 valence electrons. The lowest BCUT2D eigenvalue weighted by molar-refractivity contribution is 0.0685. The van der Waals surface area contributed by atoms with Crippen LogP contribution in [0.25, 0.3) is 0 Å². The molecule has 0 unspecified atom stereocenters. The van der Waals surface area contributed by atoms with Crippen molar-refractivity contribution in [3.8, 4) is 0 Å². The predicted molar refractivity (Wildman–Crippen MR) is 61.9 cm³/mol. The van der Waals surface area contributed by atoms with E-state index in [-0.39, 0.29) is 10.7 Å². The van der Waals surface area contributed by atoms with Crippen LogP contribution in [0.3, 0.4) is 0 Å². The molecule has 0 fully saturated rings. The van der Waals surface area contributed by atoms with Crippen LogP contribution in [0.15, 0.2) is 36.5 Å². The normalized spacial score (nSPS) is 10.5. The number of benzene rings is 1. The molecule has 0 aliphatic rings. The van der Waals surface area contributed by atoms with Crippen LogP contribution in [0.1, 0.15) is 16.1 Å². The van der Waals surface area contributed by atoms with Gasteiger partial charge in [-0.05, 0) is 29.8 Å². The van der Waals surface area contributed by atoms with Crippen LogP contribution in [0.5, 0.6) is 0 Å². The van der Waals surface area contributed by atoms with E-state index in [0.717, 1.165) is 0 Å². The number of aromatic nitrogens is 1. The fraction of sp³-hybridized carbons (Fsp3) is 0.0833. The first-order chi connectivity index (χ1) is 8.08. The molecule has 0 bridgehead atoms. The standard InChI is InChI=1S/C12H9ClFNO2/c13-10-6-9(14)4-3-8(10)7-15-5-1-2-11(15)12(16)17/h1-6H,7H2,(H,16,17). The number of rotatable bonds is 3. The van der Waals surface area contributed by atoms with E-state index in [1.165, 1.54) is 18.2 Å². The summed E-state index contributed by atoms with van der Waals surface area (Å²) >= 11 is 5.88. The summed E-state index contributed by atoms with van der Waals surface area (Å²) < 4.78 is 14.4. The Morgan fingerprint density at radius 2 is 2.18 bits per heavy atom. The molecule has 0 saturated heterocycles. The smallest absolute Gasteiger partial charge is 0.352 e. The first-order valence-electron chi connectivity index (χ1n) is 4.90. The van der Waals surface area contributed by atoms with Crippen molar-refractivity contribution in [2.24, 2.45) is 0 Å². The second kappa shape index (κ2) is 4.59. The zero-order valence-electron chi connectivity index (χ0n) is 8.73. The quantitative estimate of drug-likeness (QED) is 0.914. The van der Waals surface area contributed by atoms with E-state index < -0.39 is 11.8 Å². The van der Waals surface area contributed by atoms with Gasteiger partial charge in [0.15, 0.2) is 0 Å². The highest BCUT2D eigenvalue weighted by Gasteiger charge is 2.10. The molecule has 0 aliphatic carbocycles. The molecule has 0 aliphatic heterocycles. The van der Waals surface area contributed by atoms with E-state index in [2.05, 4.69) is 0 Å². The van der Waals surface area contributed by atoms with Crippen molar-refractivity contribution in [2.45, 2.75) is 6.54 Å². The monoisotopic (exact) mass is 253 g/mol. The van der Waals surface area contributed by atoms with Crippen molar-refractivity contribution < 1.29 is 14.3 Å². The molecule has 1 aromatic carbocycles. The zero-order valence-corrected chi connectivity index (χ0v) is 9.49. The van der Waals surface area contributed by atoms with Gasteiger partial charge in [0.2, 0.25) is 0 Å². The van der Waals surface area contributed by atoms with Gasteiger partial charge in [-0.1, -0.05) is 17.7 Å². The third-order valence-electron chi connectivity index (χ3n) is 2.40. The number of carbonyl (C=O) groups is 1. The van der Waals surface area contributed by atoms with Crippen LogP contribution in [-0.4, -0.2) is 15.6 Å². The lowest BCUT2D eigenvalue weighted by atomic mass is 10.2. The van der Waals surface area contributed by atoms with Crippen LogP contribution in [-0.2, 0) is 6.54 Å². The summed E-state index contributed by atoms with van der Waals surface area (Å²) in [7, 11) is 0. The Labute approximate surface area is 102 Å². The van der Waals surface area contributed by atoms with Crippen molar-refractivity contribution in [3.05, 3.63) is 58.6 Å². The highest BCUT2D eigenvalue weighted by molar-refractivity contribution is 6.31. The van der Waals surface area contributed by atoms with Gasteiger partial charge in [-0.25, -0.2) is 9.18 Å². The fourth-order valence-electron chi connectivity index (χ4n) is 1.58. The van der Waals surface area contributed by atoms with Gasteiger partial charge in [0.05, 0.1) is 0 Å². The summed E-state index contributed by atoms with van der Waals surface area (Å²) in [5.74, 6) is -1.42. The average molecular weight is 254 g/mol. The summed E-state index contributed by atoms with van der Waals surface area (Å²) in [4.78, 5) is 10.9. The highest BCUT2D eigenvalue weighted by atomic mass is 35.5. The third kappa shape index (κ3) is 2.47. The lowest BCUT2D eigenvalue weighted by Gasteiger charge is -2.08. The number of nitrogens with zero attached hydrogens (tertiary/aromatic N) is 1. The minimum Gasteiger partial charge on any atom is -0.477 e. The van der Waals surface area contributed by atoms with Crippen LogP contribution in [0.4, 0.5) is 4.39 Å². The molecule has 0 radical (unpaired) electrons. The number of carboxylic acid groups (broad SMARTS) is 1. The van der Waals surface area contributed by atoms with Gasteiger partial charge in [-0.15, -0.1) is 0 Å². The number of aromatic carboxylic acids is 1. The second-order valence-corrected chi connectivity index (χ2v) is 3.97. The lowest BCUT2D eigenvalue weighted by Crippen LogP contribution is -2.08. The predicted octanol–water partition coefficient (Wildman–Crippen LogP) is 3.03. The molecule has 2 rings (SSSR count). The molecular weight excluding hydrogens is 245 g/mol. The minimum absolute atomic E-state index is 0.172. The van der Waals surface area contributed by atoms with Gasteiger partial charge >= 0.3 is 5.97 Å². The van der Waals surface area contributed by atoms with Gasteiger partial charge in [-0.2, -0.15) is 0 Å². The summed E-state index contributed by atoms with van der Waals surface area (Å²) in [6, 6.07) is 7.19. The number of halogens is 2. The van der Waals surface area contributed by atoms with Crippen molar-refractivity contribution in [1.82, 2.24) is 4.57 Å². The fourth-order valence-corrected chi connectivity index (χ4v) is 1.81. The number of hydrogen-bond donors (Lipinski definition) is 1. The molecule has 5 heteroatoms. The summed E-state index contributed by atoms with van der Waals surface area (Å²) in [5, 5.41) is 9.22. The van der Waals surface area contributed by atoms with Crippen LogP contribution < -0.4 is 0 Å². The highest BCUT2D eigenvalue weighted by Crippen LogP contribution is 2.19. The van der Waals surface area contributed by atoms with Gasteiger partial charge in [0.1, 0.15) is 11.5 Å². The number of hydrogen-bond acceptors (Lipinski definition) is 1. The van der Waals surface area contributed by atoms with Crippen LogP contribution in [0.2, 0.25) is 5.02 Å². The molecule has 3 nitrogen and oxygen atoms in total. The zero-order chi connectivity index (χ0) is 12.4. The molecular formula is C12H9ClFNO2. The molecule has 2 aromatic rings. The SMILES string of the molecule is O=C(O)c1cccn1Cc1ccc(F)cc1Cl. The molecule has 0 saturated carbocycles. The van der Waals surface area contributed by atoms with Crippen LogP contribution in [0, 0.1) is 5.82 Å². The van der Waals surface area contributed by atoms with E-state index >= 15 is 0 Å². The van der Waals surface area contributed by atoms with Gasteiger partial charge in [0.25, 0.3) is 0 Å². The molecule has 0 amide bonds. The molecule has 0 spiro atoms. The maximum absolute atomic E-state index is 12.8. The molecule has 17 heavy (non-hydrogen) atoms. The van der Waals surface area contributed by atoms with E-state index in [1.54, 1.807) is 22.9 Å². The maximum atomic E-state index is 12.8.